The maximum absolute atomic E-state index is 12.6. The number of carbonyl (C=O) groups excluding carboxylic acids is 1. The van der Waals surface area contributed by atoms with Gasteiger partial charge in [0.25, 0.3) is 0 Å². The van der Waals surface area contributed by atoms with Crippen LogP contribution in [0.3, 0.4) is 0 Å². The Morgan fingerprint density at radius 1 is 1.16 bits per heavy atom. The molecule has 2 saturated heterocycles. The maximum atomic E-state index is 12.6. The zero-order chi connectivity index (χ0) is 21.8. The van der Waals surface area contributed by atoms with Crippen molar-refractivity contribution in [3.63, 3.8) is 0 Å². The Morgan fingerprint density at radius 3 is 2.68 bits per heavy atom. The Labute approximate surface area is 184 Å². The number of likely N-dealkylation sites (tertiary alicyclic amines) is 1. The minimum absolute atomic E-state index is 0.0126. The number of allylic oxidation sites excluding steroid dienone is 1. The summed E-state index contributed by atoms with van der Waals surface area (Å²) in [6.07, 6.45) is 7.14. The number of amides is 1. The van der Waals surface area contributed by atoms with Crippen molar-refractivity contribution in [2.24, 2.45) is 0 Å². The molecule has 31 heavy (non-hydrogen) atoms. The fourth-order valence-corrected chi connectivity index (χ4v) is 4.52. The maximum Gasteiger partial charge on any atom is 0.239 e. The second-order valence-electron chi connectivity index (χ2n) is 8.63. The molecule has 162 valence electrons. The summed E-state index contributed by atoms with van der Waals surface area (Å²) in [6, 6.07) is 13.8. The molecule has 5 nitrogen and oxygen atoms in total. The summed E-state index contributed by atoms with van der Waals surface area (Å²) in [4.78, 5) is 14.6. The van der Waals surface area contributed by atoms with Gasteiger partial charge in [0.05, 0.1) is 6.04 Å². The smallest absolute Gasteiger partial charge is 0.239 e. The van der Waals surface area contributed by atoms with Crippen molar-refractivity contribution in [3.8, 4) is 5.75 Å². The molecule has 0 radical (unpaired) electrons. The Bertz CT molecular complexity index is 994. The first-order valence-electron chi connectivity index (χ1n) is 11.2. The molecule has 0 aliphatic carbocycles. The lowest BCUT2D eigenvalue weighted by Crippen LogP contribution is -2.54. The van der Waals surface area contributed by atoms with Crippen LogP contribution in [0.4, 0.5) is 0 Å². The Morgan fingerprint density at radius 2 is 1.97 bits per heavy atom. The number of phenols is 1. The molecular formula is C26H31N3O2. The molecule has 0 bridgehead atoms. The molecule has 4 rings (SSSR count). The van der Waals surface area contributed by atoms with Crippen LogP contribution in [0, 0.1) is 12.3 Å². The molecule has 1 unspecified atom stereocenters. The molecule has 2 aromatic carbocycles. The summed E-state index contributed by atoms with van der Waals surface area (Å²) in [5.74, 6) is 0.774. The van der Waals surface area contributed by atoms with Crippen LogP contribution in [0.2, 0.25) is 0 Å². The largest absolute Gasteiger partial charge is 0.507 e. The Hall–Kier alpha value is -2.92. The van der Waals surface area contributed by atoms with Crippen molar-refractivity contribution in [1.82, 2.24) is 10.2 Å². The minimum Gasteiger partial charge on any atom is -0.507 e. The monoisotopic (exact) mass is 417 g/mol. The standard InChI is InChI=1S/C26H31N3O2/c1-18-5-2-3-6-20(18)15-22(17-27)23-16-21(8-9-25(23)30)19-7-4-13-29(14-11-19)26(31)24-10-12-28-24/h2-3,5-6,8-9,15-17,19,24,27-28,30H,4,7,10-14H2,1H3/b22-15+,27-17?/t19?,24-/m0/s1. The van der Waals surface area contributed by atoms with Crippen LogP contribution in [0.15, 0.2) is 42.5 Å². The minimum atomic E-state index is 0.0126. The first-order valence-corrected chi connectivity index (χ1v) is 11.2. The number of aromatic hydroxyl groups is 1. The lowest BCUT2D eigenvalue weighted by Gasteiger charge is -2.32. The molecule has 2 atom stereocenters. The van der Waals surface area contributed by atoms with Crippen LogP contribution in [0.5, 0.6) is 5.75 Å². The van der Waals surface area contributed by atoms with Gasteiger partial charge in [0.1, 0.15) is 5.75 Å². The number of nitrogens with zero attached hydrogens (tertiary/aromatic N) is 1. The highest BCUT2D eigenvalue weighted by molar-refractivity contribution is 6.15. The van der Waals surface area contributed by atoms with Gasteiger partial charge < -0.3 is 20.7 Å². The SMILES string of the molecule is Cc1ccccc1/C=C(\C=N)c1cc(C2CCCN(C(=O)[C@@H]3CCN3)CC2)ccc1O. The van der Waals surface area contributed by atoms with E-state index in [9.17, 15) is 9.90 Å². The summed E-state index contributed by atoms with van der Waals surface area (Å²) in [7, 11) is 0. The molecule has 0 aromatic heterocycles. The van der Waals surface area contributed by atoms with Gasteiger partial charge in [0.15, 0.2) is 0 Å². The molecule has 2 aliphatic heterocycles. The predicted molar refractivity (Wildman–Crippen MR) is 126 cm³/mol. The van der Waals surface area contributed by atoms with Crippen LogP contribution in [-0.4, -0.2) is 47.8 Å². The first-order chi connectivity index (χ1) is 15.1. The third-order valence-electron chi connectivity index (χ3n) is 6.62. The number of carbonyl (C=O) groups is 1. The van der Waals surface area contributed by atoms with Crippen molar-refractivity contribution in [2.45, 2.75) is 44.6 Å². The fourth-order valence-electron chi connectivity index (χ4n) is 4.52. The van der Waals surface area contributed by atoms with Crippen LogP contribution >= 0.6 is 0 Å². The molecular weight excluding hydrogens is 386 g/mol. The third-order valence-corrected chi connectivity index (χ3v) is 6.62. The van der Waals surface area contributed by atoms with E-state index in [1.54, 1.807) is 6.07 Å². The van der Waals surface area contributed by atoms with Gasteiger partial charge in [0, 0.05) is 30.4 Å². The van der Waals surface area contributed by atoms with Gasteiger partial charge >= 0.3 is 0 Å². The number of hydrogen-bond acceptors (Lipinski definition) is 4. The number of phenolic OH excluding ortho intramolecular Hbond substituents is 1. The number of nitrogens with one attached hydrogen (secondary N) is 2. The summed E-state index contributed by atoms with van der Waals surface area (Å²) in [6.45, 7) is 4.57. The quantitative estimate of drug-likeness (QED) is 0.500. The van der Waals surface area contributed by atoms with Crippen molar-refractivity contribution < 1.29 is 9.90 Å². The molecule has 3 N–H and O–H groups in total. The van der Waals surface area contributed by atoms with Crippen molar-refractivity contribution in [3.05, 3.63) is 64.7 Å². The van der Waals surface area contributed by atoms with Gasteiger partial charge in [-0.15, -0.1) is 0 Å². The average Bonchev–Trinajstić information content (AvgIpc) is 2.99. The zero-order valence-corrected chi connectivity index (χ0v) is 18.1. The number of benzene rings is 2. The predicted octanol–water partition coefficient (Wildman–Crippen LogP) is 4.35. The molecule has 2 heterocycles. The summed E-state index contributed by atoms with van der Waals surface area (Å²) < 4.78 is 0. The number of hydrogen-bond donors (Lipinski definition) is 3. The van der Waals surface area contributed by atoms with E-state index in [1.807, 2.05) is 54.3 Å². The molecule has 5 heteroatoms. The lowest BCUT2D eigenvalue weighted by atomic mass is 9.89. The van der Waals surface area contributed by atoms with E-state index < -0.39 is 0 Å². The molecule has 2 aromatic rings. The number of rotatable bonds is 5. The van der Waals surface area contributed by atoms with E-state index in [1.165, 1.54) is 11.8 Å². The lowest BCUT2D eigenvalue weighted by molar-refractivity contribution is -0.135. The highest BCUT2D eigenvalue weighted by Gasteiger charge is 2.30. The van der Waals surface area contributed by atoms with E-state index in [4.69, 9.17) is 5.41 Å². The van der Waals surface area contributed by atoms with Gasteiger partial charge in [0.2, 0.25) is 5.91 Å². The van der Waals surface area contributed by atoms with Gasteiger partial charge in [-0.2, -0.15) is 0 Å². The average molecular weight is 418 g/mol. The van der Waals surface area contributed by atoms with E-state index in [0.29, 0.717) is 17.1 Å². The first kappa shape index (κ1) is 21.3. The van der Waals surface area contributed by atoms with Crippen LogP contribution in [-0.2, 0) is 4.79 Å². The molecule has 2 fully saturated rings. The van der Waals surface area contributed by atoms with E-state index in [0.717, 1.165) is 56.4 Å². The highest BCUT2D eigenvalue weighted by atomic mass is 16.3. The second-order valence-corrected chi connectivity index (χ2v) is 8.63. The summed E-state index contributed by atoms with van der Waals surface area (Å²) in [5.41, 5.74) is 4.72. The second kappa shape index (κ2) is 9.48. The van der Waals surface area contributed by atoms with Crippen LogP contribution in [0.25, 0.3) is 11.6 Å². The molecule has 1 amide bonds. The third kappa shape index (κ3) is 4.72. The van der Waals surface area contributed by atoms with E-state index in [2.05, 4.69) is 5.32 Å². The van der Waals surface area contributed by atoms with Crippen molar-refractivity contribution in [1.29, 1.82) is 5.41 Å². The highest BCUT2D eigenvalue weighted by Crippen LogP contribution is 2.34. The van der Waals surface area contributed by atoms with Crippen molar-refractivity contribution >= 4 is 23.8 Å². The van der Waals surface area contributed by atoms with Gasteiger partial charge in [-0.05, 0) is 80.0 Å². The fraction of sp³-hybridized carbons (Fsp3) is 0.385. The van der Waals surface area contributed by atoms with Gasteiger partial charge in [-0.1, -0.05) is 30.3 Å². The topological polar surface area (TPSA) is 76.4 Å². The normalized spacial score (nSPS) is 21.8. The van der Waals surface area contributed by atoms with Gasteiger partial charge in [-0.3, -0.25) is 4.79 Å². The molecule has 2 aliphatic rings. The van der Waals surface area contributed by atoms with Crippen LogP contribution in [0.1, 0.15) is 53.9 Å². The summed E-state index contributed by atoms with van der Waals surface area (Å²) in [5, 5.41) is 21.7. The van der Waals surface area contributed by atoms with E-state index in [-0.39, 0.29) is 17.7 Å². The number of aryl methyl sites for hydroxylation is 1. The molecule has 0 saturated carbocycles. The van der Waals surface area contributed by atoms with Gasteiger partial charge in [-0.25, -0.2) is 0 Å². The van der Waals surface area contributed by atoms with Crippen molar-refractivity contribution in [2.75, 3.05) is 19.6 Å². The Balaban J connectivity index is 1.55. The molecule has 0 spiro atoms. The van der Waals surface area contributed by atoms with Crippen LogP contribution < -0.4 is 5.32 Å². The zero-order valence-electron chi connectivity index (χ0n) is 18.1. The summed E-state index contributed by atoms with van der Waals surface area (Å²) >= 11 is 0. The van der Waals surface area contributed by atoms with E-state index >= 15 is 0 Å². The Kier molecular flexibility index (Phi) is 6.52.